The lowest BCUT2D eigenvalue weighted by atomic mass is 9.86. The summed E-state index contributed by atoms with van der Waals surface area (Å²) >= 11 is 1.12. The molecule has 49 heavy (non-hydrogen) atoms. The monoisotopic (exact) mass is 704 g/mol. The van der Waals surface area contributed by atoms with Gasteiger partial charge in [-0.3, -0.25) is 9.71 Å². The predicted molar refractivity (Wildman–Crippen MR) is 187 cm³/mol. The summed E-state index contributed by atoms with van der Waals surface area (Å²) in [7, 11) is -2.26. The first-order valence-electron chi connectivity index (χ1n) is 14.5. The highest BCUT2D eigenvalue weighted by Crippen LogP contribution is 2.40. The molecular weight excluding hydrogens is 673 g/mol. The molecular formula is C33H32N6O8S2. The number of benzene rings is 3. The van der Waals surface area contributed by atoms with Gasteiger partial charge in [0.05, 0.1) is 30.4 Å². The van der Waals surface area contributed by atoms with Crippen LogP contribution >= 0.6 is 11.3 Å². The van der Waals surface area contributed by atoms with E-state index in [2.05, 4.69) is 30.1 Å². The van der Waals surface area contributed by atoms with Crippen LogP contribution < -0.4 is 30.6 Å². The van der Waals surface area contributed by atoms with Crippen molar-refractivity contribution < 1.29 is 37.0 Å². The van der Waals surface area contributed by atoms with Gasteiger partial charge in [0, 0.05) is 28.4 Å². The summed E-state index contributed by atoms with van der Waals surface area (Å²) in [5, 5.41) is 8.86. The minimum absolute atomic E-state index is 0.0867. The van der Waals surface area contributed by atoms with Gasteiger partial charge in [0.25, 0.3) is 0 Å². The highest BCUT2D eigenvalue weighted by molar-refractivity contribution is 7.92. The SMILES string of the molecule is COc1c(NC(=O)Nc2ccc(Oc3ccnc(-c4nc(C(=O)OC(N)=O)cs4)c3)c3ccccc23)cc(C(C)(C)C)cc1NS(C)(=O)=O. The number of carbonyl (C=O) groups excluding carboxylic acids is 3. The number of ether oxygens (including phenoxy) is 3. The molecule has 5 N–H and O–H groups in total. The fraction of sp³-hybridized carbons (Fsp3) is 0.182. The fourth-order valence-corrected chi connectivity index (χ4v) is 6.05. The summed E-state index contributed by atoms with van der Waals surface area (Å²) in [6.07, 6.45) is 1.33. The number of aromatic nitrogens is 2. The maximum absolute atomic E-state index is 13.4. The number of hydrogen-bond donors (Lipinski definition) is 4. The van der Waals surface area contributed by atoms with Crippen molar-refractivity contribution in [3.8, 4) is 28.0 Å². The number of nitrogens with zero attached hydrogens (tertiary/aromatic N) is 2. The van der Waals surface area contributed by atoms with Crippen LogP contribution in [0.3, 0.4) is 0 Å². The molecule has 0 saturated heterocycles. The van der Waals surface area contributed by atoms with Gasteiger partial charge in [0.2, 0.25) is 10.0 Å². The minimum Gasteiger partial charge on any atom is -0.492 e. The van der Waals surface area contributed by atoms with E-state index in [1.54, 1.807) is 36.4 Å². The Hall–Kier alpha value is -5.74. The van der Waals surface area contributed by atoms with Crippen LogP contribution in [0.5, 0.6) is 17.2 Å². The molecule has 2 aromatic heterocycles. The lowest BCUT2D eigenvalue weighted by Crippen LogP contribution is -2.22. The average Bonchev–Trinajstić information content (AvgIpc) is 3.52. The van der Waals surface area contributed by atoms with E-state index in [-0.39, 0.29) is 28.2 Å². The van der Waals surface area contributed by atoms with Gasteiger partial charge in [0.15, 0.2) is 11.4 Å². The molecule has 5 rings (SSSR count). The number of fused-ring (bicyclic) bond motifs is 1. The summed E-state index contributed by atoms with van der Waals surface area (Å²) in [6.45, 7) is 5.90. The number of methoxy groups -OCH3 is 1. The smallest absolute Gasteiger partial charge is 0.412 e. The van der Waals surface area contributed by atoms with Crippen LogP contribution in [0.2, 0.25) is 0 Å². The third-order valence-electron chi connectivity index (χ3n) is 6.92. The molecule has 0 aliphatic carbocycles. The van der Waals surface area contributed by atoms with Crippen molar-refractivity contribution in [3.05, 3.63) is 83.5 Å². The normalized spacial score (nSPS) is 11.4. The van der Waals surface area contributed by atoms with E-state index in [9.17, 15) is 22.8 Å². The number of amides is 3. The molecule has 0 aliphatic heterocycles. The lowest BCUT2D eigenvalue weighted by molar-refractivity contribution is 0.0633. The Morgan fingerprint density at radius 2 is 1.61 bits per heavy atom. The number of carbonyl (C=O) groups is 3. The van der Waals surface area contributed by atoms with Gasteiger partial charge in [0.1, 0.15) is 22.2 Å². The molecule has 0 fully saturated rings. The maximum atomic E-state index is 13.4. The molecule has 3 aromatic carbocycles. The lowest BCUT2D eigenvalue weighted by Gasteiger charge is -2.24. The van der Waals surface area contributed by atoms with Crippen LogP contribution in [0.4, 0.5) is 26.7 Å². The molecule has 16 heteroatoms. The average molecular weight is 705 g/mol. The van der Waals surface area contributed by atoms with Crippen LogP contribution in [0.1, 0.15) is 36.8 Å². The van der Waals surface area contributed by atoms with E-state index in [1.165, 1.54) is 18.7 Å². The second kappa shape index (κ2) is 13.8. The summed E-state index contributed by atoms with van der Waals surface area (Å²) in [4.78, 5) is 44.8. The Bertz CT molecular complexity index is 2200. The van der Waals surface area contributed by atoms with Crippen molar-refractivity contribution in [1.29, 1.82) is 0 Å². The quantitative estimate of drug-likeness (QED) is 0.0944. The van der Waals surface area contributed by atoms with Crippen LogP contribution in [-0.2, 0) is 20.2 Å². The molecule has 0 aliphatic rings. The van der Waals surface area contributed by atoms with Gasteiger partial charge in [-0.15, -0.1) is 11.3 Å². The van der Waals surface area contributed by atoms with Crippen molar-refractivity contribution in [1.82, 2.24) is 9.97 Å². The Morgan fingerprint density at radius 3 is 2.29 bits per heavy atom. The van der Waals surface area contributed by atoms with E-state index < -0.39 is 28.1 Å². The number of pyridine rings is 1. The number of rotatable bonds is 9. The molecule has 3 amide bonds. The molecule has 5 aromatic rings. The summed E-state index contributed by atoms with van der Waals surface area (Å²) < 4.78 is 42.8. The number of esters is 1. The second-order valence-corrected chi connectivity index (χ2v) is 14.3. The van der Waals surface area contributed by atoms with E-state index >= 15 is 0 Å². The number of nitrogens with one attached hydrogen (secondary N) is 3. The Labute approximate surface area is 285 Å². The number of primary amides is 1. The van der Waals surface area contributed by atoms with Crippen molar-refractivity contribution in [2.75, 3.05) is 28.7 Å². The Kier molecular flexibility index (Phi) is 9.73. The molecule has 0 bridgehead atoms. The van der Waals surface area contributed by atoms with Gasteiger partial charge >= 0.3 is 18.1 Å². The molecule has 254 valence electrons. The molecule has 0 saturated carbocycles. The largest absolute Gasteiger partial charge is 0.492 e. The number of anilines is 3. The Morgan fingerprint density at radius 1 is 0.918 bits per heavy atom. The van der Waals surface area contributed by atoms with E-state index in [0.717, 1.165) is 23.2 Å². The fourth-order valence-electron chi connectivity index (χ4n) is 4.74. The first-order chi connectivity index (χ1) is 23.1. The third kappa shape index (κ3) is 8.41. The van der Waals surface area contributed by atoms with Crippen molar-refractivity contribution in [3.63, 3.8) is 0 Å². The zero-order valence-corrected chi connectivity index (χ0v) is 28.6. The Balaban J connectivity index is 1.40. The maximum Gasteiger partial charge on any atom is 0.412 e. The van der Waals surface area contributed by atoms with E-state index in [0.29, 0.717) is 38.7 Å². The van der Waals surface area contributed by atoms with Gasteiger partial charge in [-0.2, -0.15) is 0 Å². The van der Waals surface area contributed by atoms with Crippen LogP contribution in [0.15, 0.2) is 72.2 Å². The summed E-state index contributed by atoms with van der Waals surface area (Å²) in [5.41, 5.74) is 6.58. The molecule has 0 unspecified atom stereocenters. The number of sulfonamides is 1. The van der Waals surface area contributed by atoms with Gasteiger partial charge < -0.3 is 30.6 Å². The minimum atomic E-state index is -3.65. The van der Waals surface area contributed by atoms with Crippen molar-refractivity contribution in [2.24, 2.45) is 5.73 Å². The topological polar surface area (TPSA) is 201 Å². The van der Waals surface area contributed by atoms with Crippen LogP contribution in [0, 0.1) is 0 Å². The van der Waals surface area contributed by atoms with Crippen LogP contribution in [0.25, 0.3) is 21.5 Å². The molecule has 0 radical (unpaired) electrons. The first kappa shape index (κ1) is 34.6. The highest BCUT2D eigenvalue weighted by Gasteiger charge is 2.23. The van der Waals surface area contributed by atoms with Crippen molar-refractivity contribution in [2.45, 2.75) is 26.2 Å². The number of hydrogen-bond acceptors (Lipinski definition) is 11. The second-order valence-electron chi connectivity index (χ2n) is 11.7. The van der Waals surface area contributed by atoms with Gasteiger partial charge in [-0.05, 0) is 41.3 Å². The number of thiazole rings is 1. The van der Waals surface area contributed by atoms with E-state index in [1.807, 2.05) is 45.0 Å². The zero-order chi connectivity index (χ0) is 35.5. The predicted octanol–water partition coefficient (Wildman–Crippen LogP) is 6.71. The van der Waals surface area contributed by atoms with Crippen molar-refractivity contribution >= 4 is 67.3 Å². The van der Waals surface area contributed by atoms with E-state index in [4.69, 9.17) is 15.2 Å². The molecule has 0 atom stereocenters. The molecule has 2 heterocycles. The number of nitrogens with two attached hydrogens (primary N) is 1. The zero-order valence-electron chi connectivity index (χ0n) is 27.0. The summed E-state index contributed by atoms with van der Waals surface area (Å²) in [6, 6.07) is 16.8. The summed E-state index contributed by atoms with van der Waals surface area (Å²) in [5.74, 6) is 0.0926. The van der Waals surface area contributed by atoms with Gasteiger partial charge in [-0.25, -0.2) is 27.8 Å². The third-order valence-corrected chi connectivity index (χ3v) is 8.38. The standard InChI is InChI=1S/C33H32N6O8S2/c1-33(2,3)18-14-23(28(45-4)24(15-18)39-49(5,43)44)38-32(42)37-22-10-11-27(21-9-7-6-8-20(21)22)46-19-12-13-35-25(16-19)29-36-26(17-48-29)30(40)47-31(34)41/h6-17,39H,1-5H3,(H2,34,41)(H2,37,38,42). The first-order valence-corrected chi connectivity index (χ1v) is 17.3. The van der Waals surface area contributed by atoms with Crippen LogP contribution in [-0.4, -0.2) is 49.8 Å². The molecule has 0 spiro atoms. The molecule has 14 nitrogen and oxygen atoms in total. The van der Waals surface area contributed by atoms with Gasteiger partial charge in [-0.1, -0.05) is 45.0 Å². The highest BCUT2D eigenvalue weighted by atomic mass is 32.2. The number of urea groups is 1.